The largest absolute Gasteiger partial charge is 0.379 e. The average molecular weight is 485 g/mol. The Kier molecular flexibility index (Phi) is 20.7. The summed E-state index contributed by atoms with van der Waals surface area (Å²) in [5.41, 5.74) is 0. The Morgan fingerprint density at radius 3 is 1.71 bits per heavy atom. The molecule has 4 heteroatoms. The Morgan fingerprint density at radius 2 is 1.18 bits per heavy atom. The van der Waals surface area contributed by atoms with Crippen LogP contribution >= 0.6 is 0 Å². The number of epoxide rings is 1. The number of hydrogen-bond acceptors (Lipinski definition) is 4. The summed E-state index contributed by atoms with van der Waals surface area (Å²) in [7, 11) is 0. The van der Waals surface area contributed by atoms with Gasteiger partial charge in [-0.25, -0.2) is 0 Å². The highest BCUT2D eigenvalue weighted by Gasteiger charge is 2.39. The lowest BCUT2D eigenvalue weighted by molar-refractivity contribution is -0.271. The topological polar surface area (TPSA) is 40.2 Å². The van der Waals surface area contributed by atoms with Crippen molar-refractivity contribution in [2.75, 3.05) is 33.0 Å². The number of rotatable bonds is 27. The first kappa shape index (κ1) is 31.9. The molecule has 1 aliphatic heterocycles. The first-order valence-corrected chi connectivity index (χ1v) is 15.2. The minimum absolute atomic E-state index is 0.354. The lowest BCUT2D eigenvalue weighted by Gasteiger charge is -2.41. The van der Waals surface area contributed by atoms with E-state index in [9.17, 15) is 0 Å². The van der Waals surface area contributed by atoms with Crippen LogP contribution in [0.25, 0.3) is 0 Å². The molecule has 1 fully saturated rings. The van der Waals surface area contributed by atoms with Crippen LogP contribution in [0, 0.1) is 5.92 Å². The second-order valence-electron chi connectivity index (χ2n) is 10.3. The van der Waals surface area contributed by atoms with Crippen LogP contribution in [0.4, 0.5) is 0 Å². The highest BCUT2D eigenvalue weighted by Crippen LogP contribution is 2.37. The zero-order valence-electron chi connectivity index (χ0n) is 23.6. The van der Waals surface area contributed by atoms with Gasteiger partial charge in [0.1, 0.15) is 6.10 Å². The Labute approximate surface area is 213 Å². The molecule has 0 amide bonds. The third kappa shape index (κ3) is 15.8. The molecule has 1 saturated heterocycles. The van der Waals surface area contributed by atoms with E-state index in [1.807, 2.05) is 0 Å². The SMILES string of the molecule is CCCCCCCCCCC(OCC)(OCC)[C@H](CCCCCCCC)CCCOCC1CO1. The van der Waals surface area contributed by atoms with Crippen molar-refractivity contribution >= 4 is 0 Å². The molecule has 0 aromatic heterocycles. The molecule has 204 valence electrons. The fourth-order valence-corrected chi connectivity index (χ4v) is 5.19. The Morgan fingerprint density at radius 1 is 0.676 bits per heavy atom. The smallest absolute Gasteiger partial charge is 0.171 e. The van der Waals surface area contributed by atoms with Crippen molar-refractivity contribution in [3.05, 3.63) is 0 Å². The summed E-state index contributed by atoms with van der Waals surface area (Å²) >= 11 is 0. The van der Waals surface area contributed by atoms with Crippen molar-refractivity contribution in [1.29, 1.82) is 0 Å². The molecule has 0 aromatic carbocycles. The summed E-state index contributed by atoms with van der Waals surface area (Å²) in [5, 5.41) is 0. The summed E-state index contributed by atoms with van der Waals surface area (Å²) in [6, 6.07) is 0. The fourth-order valence-electron chi connectivity index (χ4n) is 5.19. The van der Waals surface area contributed by atoms with E-state index in [-0.39, 0.29) is 0 Å². The van der Waals surface area contributed by atoms with Gasteiger partial charge in [-0.1, -0.05) is 97.3 Å². The quantitative estimate of drug-likeness (QED) is 0.0663. The van der Waals surface area contributed by atoms with E-state index >= 15 is 0 Å². The molecule has 4 nitrogen and oxygen atoms in total. The van der Waals surface area contributed by atoms with Crippen LogP contribution in [0.15, 0.2) is 0 Å². The second kappa shape index (κ2) is 22.1. The van der Waals surface area contributed by atoms with Crippen LogP contribution < -0.4 is 0 Å². The van der Waals surface area contributed by atoms with Gasteiger partial charge in [0, 0.05) is 32.2 Å². The first-order valence-electron chi connectivity index (χ1n) is 15.2. The molecule has 0 N–H and O–H groups in total. The number of unbranched alkanes of at least 4 members (excludes halogenated alkanes) is 12. The van der Waals surface area contributed by atoms with Crippen molar-refractivity contribution < 1.29 is 18.9 Å². The maximum atomic E-state index is 6.51. The van der Waals surface area contributed by atoms with Gasteiger partial charge in [-0.15, -0.1) is 0 Å². The van der Waals surface area contributed by atoms with Gasteiger partial charge in [0.2, 0.25) is 0 Å². The Bertz CT molecular complexity index is 418. The van der Waals surface area contributed by atoms with E-state index < -0.39 is 5.79 Å². The van der Waals surface area contributed by atoms with Crippen LogP contribution in [-0.4, -0.2) is 44.9 Å². The summed E-state index contributed by atoms with van der Waals surface area (Å²) < 4.78 is 24.2. The lowest BCUT2D eigenvalue weighted by Crippen LogP contribution is -2.44. The van der Waals surface area contributed by atoms with E-state index in [1.54, 1.807) is 0 Å². The molecular weight excluding hydrogens is 424 g/mol. The maximum Gasteiger partial charge on any atom is 0.171 e. The van der Waals surface area contributed by atoms with Gasteiger partial charge in [-0.2, -0.15) is 0 Å². The van der Waals surface area contributed by atoms with Crippen molar-refractivity contribution in [1.82, 2.24) is 0 Å². The molecule has 1 aliphatic rings. The molecule has 0 aromatic rings. The average Bonchev–Trinajstić information content (AvgIpc) is 3.66. The molecule has 1 unspecified atom stereocenters. The summed E-state index contributed by atoms with van der Waals surface area (Å²) in [5.74, 6) is 0.0262. The van der Waals surface area contributed by atoms with Gasteiger partial charge >= 0.3 is 0 Å². The Balaban J connectivity index is 2.59. The molecule has 34 heavy (non-hydrogen) atoms. The van der Waals surface area contributed by atoms with E-state index in [0.29, 0.717) is 12.0 Å². The molecule has 1 rings (SSSR count). The minimum Gasteiger partial charge on any atom is -0.379 e. The highest BCUT2D eigenvalue weighted by molar-refractivity contribution is 4.81. The monoisotopic (exact) mass is 484 g/mol. The van der Waals surface area contributed by atoms with E-state index in [2.05, 4.69) is 27.7 Å². The molecule has 0 spiro atoms. The molecule has 0 saturated carbocycles. The molecule has 0 bridgehead atoms. The van der Waals surface area contributed by atoms with Gasteiger partial charge < -0.3 is 18.9 Å². The normalized spacial score (nSPS) is 16.8. The van der Waals surface area contributed by atoms with Gasteiger partial charge in [0.05, 0.1) is 13.2 Å². The fraction of sp³-hybridized carbons (Fsp3) is 1.00. The van der Waals surface area contributed by atoms with Crippen LogP contribution in [-0.2, 0) is 18.9 Å². The zero-order valence-corrected chi connectivity index (χ0v) is 23.6. The predicted octanol–water partition coefficient (Wildman–Crippen LogP) is 8.85. The molecule has 2 atom stereocenters. The molecule has 0 radical (unpaired) electrons. The van der Waals surface area contributed by atoms with Crippen molar-refractivity contribution in [2.24, 2.45) is 5.92 Å². The molecular formula is C30H60O4. The van der Waals surface area contributed by atoms with Crippen LogP contribution in [0.1, 0.15) is 143 Å². The van der Waals surface area contributed by atoms with Gasteiger partial charge in [-0.3, -0.25) is 0 Å². The predicted molar refractivity (Wildman–Crippen MR) is 144 cm³/mol. The standard InChI is InChI=1S/C30H60O4/c1-5-9-11-13-15-16-18-20-24-30(33-7-3,34-8-4)28(22-19-17-14-12-10-6-2)23-21-25-31-26-29-27-32-29/h28-29H,5-27H2,1-4H3/t28-,29?/m1/s1. The van der Waals surface area contributed by atoms with Crippen molar-refractivity contribution in [3.63, 3.8) is 0 Å². The summed E-state index contributed by atoms with van der Waals surface area (Å²) in [6.45, 7) is 12.7. The highest BCUT2D eigenvalue weighted by atomic mass is 16.7. The third-order valence-corrected chi connectivity index (χ3v) is 7.23. The van der Waals surface area contributed by atoms with Gasteiger partial charge in [0.25, 0.3) is 0 Å². The number of ether oxygens (including phenoxy) is 4. The Hall–Kier alpha value is -0.160. The minimum atomic E-state index is -0.422. The zero-order chi connectivity index (χ0) is 24.7. The second-order valence-corrected chi connectivity index (χ2v) is 10.3. The van der Waals surface area contributed by atoms with Crippen LogP contribution in [0.5, 0.6) is 0 Å². The molecule has 0 aliphatic carbocycles. The van der Waals surface area contributed by atoms with E-state index in [1.165, 1.54) is 96.3 Å². The number of hydrogen-bond donors (Lipinski definition) is 0. The van der Waals surface area contributed by atoms with E-state index in [4.69, 9.17) is 18.9 Å². The van der Waals surface area contributed by atoms with Crippen molar-refractivity contribution in [3.8, 4) is 0 Å². The van der Waals surface area contributed by atoms with Crippen LogP contribution in [0.2, 0.25) is 0 Å². The maximum absolute atomic E-state index is 6.51. The van der Waals surface area contributed by atoms with Gasteiger partial charge in [0.15, 0.2) is 5.79 Å². The first-order chi connectivity index (χ1) is 16.7. The lowest BCUT2D eigenvalue weighted by atomic mass is 9.84. The van der Waals surface area contributed by atoms with E-state index in [0.717, 1.165) is 52.3 Å². The van der Waals surface area contributed by atoms with Crippen molar-refractivity contribution in [2.45, 2.75) is 155 Å². The van der Waals surface area contributed by atoms with Gasteiger partial charge in [-0.05, 0) is 39.5 Å². The molecule has 1 heterocycles. The van der Waals surface area contributed by atoms with Crippen LogP contribution in [0.3, 0.4) is 0 Å². The summed E-state index contributed by atoms with van der Waals surface area (Å²) in [4.78, 5) is 0. The summed E-state index contributed by atoms with van der Waals surface area (Å²) in [6.07, 6.45) is 23.5. The third-order valence-electron chi connectivity index (χ3n) is 7.23.